The van der Waals surface area contributed by atoms with E-state index in [9.17, 15) is 9.00 Å². The molecule has 6 heteroatoms. The van der Waals surface area contributed by atoms with Gasteiger partial charge in [0.1, 0.15) is 11.3 Å². The average Bonchev–Trinajstić information content (AvgIpc) is 2.36. The van der Waals surface area contributed by atoms with E-state index >= 15 is 0 Å². The summed E-state index contributed by atoms with van der Waals surface area (Å²) in [4.78, 5) is 10.9. The molecule has 0 saturated heterocycles. The van der Waals surface area contributed by atoms with E-state index in [-0.39, 0.29) is 12.2 Å². The summed E-state index contributed by atoms with van der Waals surface area (Å²) >= 11 is 0. The summed E-state index contributed by atoms with van der Waals surface area (Å²) in [6, 6.07) is 6.39. The van der Waals surface area contributed by atoms with Gasteiger partial charge in [-0.3, -0.25) is 4.21 Å². The molecular formula is C12H16O5S. The number of hydrogen-bond donors (Lipinski definition) is 1. The largest absolute Gasteiger partial charge is 0.492 e. The zero-order valence-electron chi connectivity index (χ0n) is 10.1. The van der Waals surface area contributed by atoms with E-state index in [1.54, 1.807) is 25.3 Å². The molecule has 0 aliphatic heterocycles. The third-order valence-electron chi connectivity index (χ3n) is 2.20. The first-order chi connectivity index (χ1) is 8.65. The second-order valence-electron chi connectivity index (χ2n) is 3.49. The Bertz CT molecular complexity index is 419. The van der Waals surface area contributed by atoms with Gasteiger partial charge in [0.25, 0.3) is 0 Å². The Morgan fingerprint density at radius 3 is 2.61 bits per heavy atom. The third kappa shape index (κ3) is 4.85. The first-order valence-electron chi connectivity index (χ1n) is 5.44. The van der Waals surface area contributed by atoms with Crippen molar-refractivity contribution in [3.05, 3.63) is 29.8 Å². The Morgan fingerprint density at radius 2 is 1.94 bits per heavy atom. The van der Waals surface area contributed by atoms with Crippen LogP contribution >= 0.6 is 0 Å². The van der Waals surface area contributed by atoms with Crippen LogP contribution in [0.1, 0.15) is 10.4 Å². The molecule has 0 aliphatic rings. The van der Waals surface area contributed by atoms with Crippen LogP contribution in [0, 0.1) is 0 Å². The fourth-order valence-corrected chi connectivity index (χ4v) is 2.12. The van der Waals surface area contributed by atoms with Crippen molar-refractivity contribution in [1.29, 1.82) is 0 Å². The number of rotatable bonds is 8. The Kier molecular flexibility index (Phi) is 6.38. The van der Waals surface area contributed by atoms with Crippen LogP contribution in [-0.2, 0) is 15.5 Å². The summed E-state index contributed by atoms with van der Waals surface area (Å²) in [7, 11) is 0.544. The maximum atomic E-state index is 11.4. The second kappa shape index (κ2) is 7.84. The van der Waals surface area contributed by atoms with Gasteiger partial charge in [-0.25, -0.2) is 4.79 Å². The summed E-state index contributed by atoms with van der Waals surface area (Å²) in [5.41, 5.74) is 0.111. The van der Waals surface area contributed by atoms with Gasteiger partial charge in [0.15, 0.2) is 0 Å². The van der Waals surface area contributed by atoms with Crippen LogP contribution in [-0.4, -0.2) is 47.1 Å². The molecule has 1 unspecified atom stereocenters. The van der Waals surface area contributed by atoms with Crippen molar-refractivity contribution in [2.45, 2.75) is 0 Å². The van der Waals surface area contributed by atoms with Crippen molar-refractivity contribution in [3.8, 4) is 5.75 Å². The molecule has 1 rings (SSSR count). The standard InChI is InChI=1S/C12H16O5S/c1-16-6-8-18(15)9-7-17-11-5-3-2-4-10(11)12(13)14/h2-5H,6-9H2,1H3,(H,13,14). The summed E-state index contributed by atoms with van der Waals surface area (Å²) in [5, 5.41) is 8.93. The van der Waals surface area contributed by atoms with Gasteiger partial charge >= 0.3 is 5.97 Å². The number of para-hydroxylation sites is 1. The van der Waals surface area contributed by atoms with E-state index in [1.807, 2.05) is 0 Å². The molecule has 0 spiro atoms. The van der Waals surface area contributed by atoms with Crippen LogP contribution in [0.15, 0.2) is 24.3 Å². The first-order valence-corrected chi connectivity index (χ1v) is 6.93. The summed E-state index contributed by atoms with van der Waals surface area (Å²) in [6.45, 7) is 0.666. The van der Waals surface area contributed by atoms with Crippen LogP contribution in [0.4, 0.5) is 0 Å². The van der Waals surface area contributed by atoms with E-state index in [0.29, 0.717) is 23.9 Å². The molecule has 1 N–H and O–H groups in total. The van der Waals surface area contributed by atoms with E-state index in [1.165, 1.54) is 6.07 Å². The smallest absolute Gasteiger partial charge is 0.339 e. The summed E-state index contributed by atoms with van der Waals surface area (Å²) < 4.78 is 21.6. The van der Waals surface area contributed by atoms with Gasteiger partial charge in [-0.05, 0) is 12.1 Å². The van der Waals surface area contributed by atoms with Crippen LogP contribution < -0.4 is 4.74 Å². The van der Waals surface area contributed by atoms with Crippen LogP contribution in [0.25, 0.3) is 0 Å². The molecule has 5 nitrogen and oxygen atoms in total. The van der Waals surface area contributed by atoms with E-state index in [2.05, 4.69) is 0 Å². The van der Waals surface area contributed by atoms with Crippen molar-refractivity contribution in [3.63, 3.8) is 0 Å². The molecule has 0 bridgehead atoms. The minimum atomic E-state index is -1.04. The molecule has 1 aromatic rings. The molecule has 0 fully saturated rings. The number of benzene rings is 1. The Balaban J connectivity index is 2.44. The van der Waals surface area contributed by atoms with Crippen molar-refractivity contribution in [2.75, 3.05) is 31.8 Å². The zero-order valence-corrected chi connectivity index (χ0v) is 10.9. The molecule has 18 heavy (non-hydrogen) atoms. The second-order valence-corrected chi connectivity index (χ2v) is 5.19. The molecule has 0 amide bonds. The topological polar surface area (TPSA) is 72.8 Å². The van der Waals surface area contributed by atoms with Crippen LogP contribution in [0.5, 0.6) is 5.75 Å². The van der Waals surface area contributed by atoms with Crippen molar-refractivity contribution < 1.29 is 23.6 Å². The molecule has 0 saturated carbocycles. The van der Waals surface area contributed by atoms with Gasteiger partial charge in [0, 0.05) is 23.7 Å². The molecular weight excluding hydrogens is 256 g/mol. The monoisotopic (exact) mass is 272 g/mol. The van der Waals surface area contributed by atoms with Gasteiger partial charge in [0.05, 0.1) is 19.0 Å². The lowest BCUT2D eigenvalue weighted by Gasteiger charge is -2.08. The molecule has 1 atom stereocenters. The number of aromatic carboxylic acids is 1. The van der Waals surface area contributed by atoms with Gasteiger partial charge in [0.2, 0.25) is 0 Å². The van der Waals surface area contributed by atoms with Gasteiger partial charge in [-0.1, -0.05) is 12.1 Å². The molecule has 0 aliphatic carbocycles. The lowest BCUT2D eigenvalue weighted by molar-refractivity contribution is 0.0692. The third-order valence-corrected chi connectivity index (χ3v) is 3.45. The van der Waals surface area contributed by atoms with E-state index < -0.39 is 16.8 Å². The molecule has 0 aromatic heterocycles. The minimum Gasteiger partial charge on any atom is -0.492 e. The Hall–Kier alpha value is -1.40. The highest BCUT2D eigenvalue weighted by molar-refractivity contribution is 7.85. The Morgan fingerprint density at radius 1 is 1.28 bits per heavy atom. The van der Waals surface area contributed by atoms with Crippen LogP contribution in [0.2, 0.25) is 0 Å². The fourth-order valence-electron chi connectivity index (χ4n) is 1.29. The number of hydrogen-bond acceptors (Lipinski definition) is 4. The first kappa shape index (κ1) is 14.7. The fraction of sp³-hybridized carbons (Fsp3) is 0.417. The predicted molar refractivity (Wildman–Crippen MR) is 68.6 cm³/mol. The van der Waals surface area contributed by atoms with E-state index in [0.717, 1.165) is 0 Å². The number of carbonyl (C=O) groups is 1. The number of carboxylic acid groups (broad SMARTS) is 1. The van der Waals surface area contributed by atoms with Gasteiger partial charge in [-0.2, -0.15) is 0 Å². The maximum absolute atomic E-state index is 11.4. The highest BCUT2D eigenvalue weighted by Crippen LogP contribution is 2.17. The number of carboxylic acids is 1. The van der Waals surface area contributed by atoms with Crippen LogP contribution in [0.3, 0.4) is 0 Å². The lowest BCUT2D eigenvalue weighted by Crippen LogP contribution is -2.14. The predicted octanol–water partition coefficient (Wildman–Crippen LogP) is 1.16. The zero-order chi connectivity index (χ0) is 13.4. The molecule has 100 valence electrons. The van der Waals surface area contributed by atoms with Gasteiger partial charge in [-0.15, -0.1) is 0 Å². The highest BCUT2D eigenvalue weighted by Gasteiger charge is 2.10. The average molecular weight is 272 g/mol. The minimum absolute atomic E-state index is 0.111. The van der Waals surface area contributed by atoms with E-state index in [4.69, 9.17) is 14.6 Å². The number of ether oxygens (including phenoxy) is 2. The van der Waals surface area contributed by atoms with Gasteiger partial charge < -0.3 is 14.6 Å². The molecule has 1 aromatic carbocycles. The number of methoxy groups -OCH3 is 1. The normalized spacial score (nSPS) is 12.1. The summed E-state index contributed by atoms with van der Waals surface area (Å²) in [6.07, 6.45) is 0. The SMILES string of the molecule is COCCS(=O)CCOc1ccccc1C(=O)O. The summed E-state index contributed by atoms with van der Waals surface area (Å²) in [5.74, 6) is 0.0810. The molecule has 0 heterocycles. The van der Waals surface area contributed by atoms with Crippen molar-refractivity contribution >= 4 is 16.8 Å². The Labute approximate surface area is 108 Å². The molecule has 0 radical (unpaired) electrons. The quantitative estimate of drug-likeness (QED) is 0.768. The highest BCUT2D eigenvalue weighted by atomic mass is 32.2. The lowest BCUT2D eigenvalue weighted by atomic mass is 10.2. The van der Waals surface area contributed by atoms with Crippen molar-refractivity contribution in [1.82, 2.24) is 0 Å². The van der Waals surface area contributed by atoms with Crippen molar-refractivity contribution in [2.24, 2.45) is 0 Å². The maximum Gasteiger partial charge on any atom is 0.339 e.